The maximum atomic E-state index is 12.2. The molecule has 2 heterocycles. The van der Waals surface area contributed by atoms with E-state index in [1.807, 2.05) is 6.92 Å². The van der Waals surface area contributed by atoms with E-state index in [2.05, 4.69) is 20.9 Å². The fourth-order valence-corrected chi connectivity index (χ4v) is 2.67. The third kappa shape index (κ3) is 4.19. The van der Waals surface area contributed by atoms with Gasteiger partial charge >= 0.3 is 5.97 Å². The first-order valence-electron chi connectivity index (χ1n) is 8.12. The number of carbonyl (C=O) groups is 1. The Morgan fingerprint density at radius 3 is 2.83 bits per heavy atom. The van der Waals surface area contributed by atoms with Gasteiger partial charge in [0.05, 0.1) is 17.9 Å². The zero-order valence-corrected chi connectivity index (χ0v) is 13.7. The molecule has 0 radical (unpaired) electrons. The first kappa shape index (κ1) is 17.2. The molecule has 0 saturated carbocycles. The summed E-state index contributed by atoms with van der Waals surface area (Å²) in [6, 6.07) is 0.264. The van der Waals surface area contributed by atoms with Crippen LogP contribution in [0, 0.1) is 5.41 Å². The lowest BCUT2D eigenvalue weighted by atomic mass is 10.0. The second-order valence-corrected chi connectivity index (χ2v) is 5.37. The molecule has 1 aliphatic rings. The lowest BCUT2D eigenvalue weighted by Gasteiger charge is -2.27. The number of ether oxygens (including phenoxy) is 1. The average Bonchev–Trinajstić information content (AvgIpc) is 2.56. The average molecular weight is 319 g/mol. The van der Waals surface area contributed by atoms with Crippen molar-refractivity contribution in [2.75, 3.05) is 36.9 Å². The lowest BCUT2D eigenvalue weighted by Crippen LogP contribution is -2.36. The molecule has 0 aliphatic carbocycles. The van der Waals surface area contributed by atoms with E-state index in [1.54, 1.807) is 6.92 Å². The predicted molar refractivity (Wildman–Crippen MR) is 91.8 cm³/mol. The smallest absolute Gasteiger partial charge is 0.341 e. The van der Waals surface area contributed by atoms with Gasteiger partial charge in [-0.3, -0.25) is 0 Å². The number of rotatable bonds is 7. The second kappa shape index (κ2) is 8.47. The zero-order chi connectivity index (χ0) is 16.7. The van der Waals surface area contributed by atoms with Crippen LogP contribution in [0.3, 0.4) is 0 Å². The van der Waals surface area contributed by atoms with Gasteiger partial charge in [0.1, 0.15) is 11.4 Å². The Hall–Kier alpha value is -2.15. The quantitative estimate of drug-likeness (QED) is 0.452. The van der Waals surface area contributed by atoms with E-state index in [0.29, 0.717) is 35.8 Å². The second-order valence-electron chi connectivity index (χ2n) is 5.37. The van der Waals surface area contributed by atoms with Gasteiger partial charge in [-0.1, -0.05) is 0 Å². The number of aromatic nitrogens is 1. The van der Waals surface area contributed by atoms with Crippen molar-refractivity contribution in [3.8, 4) is 0 Å². The molecule has 1 aromatic heterocycles. The van der Waals surface area contributed by atoms with Crippen molar-refractivity contribution >= 4 is 23.7 Å². The van der Waals surface area contributed by atoms with Gasteiger partial charge in [-0.2, -0.15) is 0 Å². The standard InChI is InChI=1S/C16H25N5O2/c1-3-19-15-12(9-17)14(21-11-5-7-18-8-6-11)13(10-20-15)16(22)23-4-2/h9-11,17-18H,3-8H2,1-2H3,(H2,19,20,21). The molecule has 2 rings (SSSR count). The van der Waals surface area contributed by atoms with E-state index in [9.17, 15) is 4.79 Å². The minimum atomic E-state index is -0.414. The third-order valence-electron chi connectivity index (χ3n) is 3.79. The first-order chi connectivity index (χ1) is 11.2. The van der Waals surface area contributed by atoms with Crippen molar-refractivity contribution in [1.29, 1.82) is 5.41 Å². The summed E-state index contributed by atoms with van der Waals surface area (Å²) in [5.41, 5.74) is 1.61. The number of anilines is 2. The highest BCUT2D eigenvalue weighted by Gasteiger charge is 2.22. The summed E-state index contributed by atoms with van der Waals surface area (Å²) in [7, 11) is 0. The molecule has 0 bridgehead atoms. The summed E-state index contributed by atoms with van der Waals surface area (Å²) >= 11 is 0. The molecule has 1 fully saturated rings. The summed E-state index contributed by atoms with van der Waals surface area (Å²) < 4.78 is 5.13. The monoisotopic (exact) mass is 319 g/mol. The van der Waals surface area contributed by atoms with Crippen LogP contribution < -0.4 is 16.0 Å². The summed E-state index contributed by atoms with van der Waals surface area (Å²) in [4.78, 5) is 16.5. The fraction of sp³-hybridized carbons (Fsp3) is 0.562. The fourth-order valence-electron chi connectivity index (χ4n) is 2.67. The first-order valence-corrected chi connectivity index (χ1v) is 8.12. The normalized spacial score (nSPS) is 15.0. The highest BCUT2D eigenvalue weighted by atomic mass is 16.5. The van der Waals surface area contributed by atoms with E-state index in [-0.39, 0.29) is 6.04 Å². The Morgan fingerprint density at radius 1 is 1.48 bits per heavy atom. The number of nitrogens with one attached hydrogen (secondary N) is 4. The minimum absolute atomic E-state index is 0.264. The molecule has 0 spiro atoms. The summed E-state index contributed by atoms with van der Waals surface area (Å²) in [6.07, 6.45) is 4.70. The summed E-state index contributed by atoms with van der Waals surface area (Å²) in [5, 5.41) is 17.6. The largest absolute Gasteiger partial charge is 0.462 e. The lowest BCUT2D eigenvalue weighted by molar-refractivity contribution is 0.0527. The highest BCUT2D eigenvalue weighted by molar-refractivity contribution is 6.03. The molecular formula is C16H25N5O2. The minimum Gasteiger partial charge on any atom is -0.462 e. The van der Waals surface area contributed by atoms with Crippen molar-refractivity contribution in [2.45, 2.75) is 32.7 Å². The SMILES string of the molecule is CCNc1ncc(C(=O)OCC)c(NC2CCNCC2)c1C=N. The van der Waals surface area contributed by atoms with Gasteiger partial charge in [-0.15, -0.1) is 0 Å². The van der Waals surface area contributed by atoms with Gasteiger partial charge in [0, 0.05) is 25.0 Å². The van der Waals surface area contributed by atoms with E-state index < -0.39 is 5.97 Å². The molecule has 7 nitrogen and oxygen atoms in total. The Balaban J connectivity index is 2.40. The van der Waals surface area contributed by atoms with Gasteiger partial charge in [0.25, 0.3) is 0 Å². The molecule has 1 saturated heterocycles. The molecule has 0 atom stereocenters. The van der Waals surface area contributed by atoms with Crippen molar-refractivity contribution in [3.63, 3.8) is 0 Å². The molecular weight excluding hydrogens is 294 g/mol. The van der Waals surface area contributed by atoms with E-state index in [1.165, 1.54) is 12.4 Å². The number of carbonyl (C=O) groups excluding carboxylic acids is 1. The molecule has 1 aromatic rings. The Bertz CT molecular complexity index is 556. The number of hydrogen-bond acceptors (Lipinski definition) is 7. The van der Waals surface area contributed by atoms with Crippen LogP contribution >= 0.6 is 0 Å². The van der Waals surface area contributed by atoms with Crippen molar-refractivity contribution < 1.29 is 9.53 Å². The van der Waals surface area contributed by atoms with Crippen LogP contribution in [-0.2, 0) is 4.74 Å². The summed E-state index contributed by atoms with van der Waals surface area (Å²) in [6.45, 7) is 6.62. The van der Waals surface area contributed by atoms with Crippen LogP contribution in [-0.4, -0.2) is 49.5 Å². The van der Waals surface area contributed by atoms with Gasteiger partial charge in [-0.05, 0) is 39.8 Å². The van der Waals surface area contributed by atoms with E-state index >= 15 is 0 Å². The van der Waals surface area contributed by atoms with Gasteiger partial charge in [0.2, 0.25) is 0 Å². The highest BCUT2D eigenvalue weighted by Crippen LogP contribution is 2.27. The molecule has 23 heavy (non-hydrogen) atoms. The predicted octanol–water partition coefficient (Wildman–Crippen LogP) is 1.85. The molecule has 7 heteroatoms. The maximum absolute atomic E-state index is 12.2. The van der Waals surface area contributed by atoms with Crippen molar-refractivity contribution in [3.05, 3.63) is 17.3 Å². The topological polar surface area (TPSA) is 99.1 Å². The summed E-state index contributed by atoms with van der Waals surface area (Å²) in [5.74, 6) is 0.189. The van der Waals surface area contributed by atoms with Crippen LogP contribution in [0.25, 0.3) is 0 Å². The van der Waals surface area contributed by atoms with Crippen molar-refractivity contribution in [2.24, 2.45) is 0 Å². The van der Waals surface area contributed by atoms with Gasteiger partial charge < -0.3 is 26.1 Å². The van der Waals surface area contributed by atoms with Gasteiger partial charge in [0.15, 0.2) is 0 Å². The molecule has 0 unspecified atom stereocenters. The molecule has 0 aromatic carbocycles. The number of hydrogen-bond donors (Lipinski definition) is 4. The molecule has 4 N–H and O–H groups in total. The molecule has 126 valence electrons. The van der Waals surface area contributed by atoms with Crippen LogP contribution in [0.4, 0.5) is 11.5 Å². The van der Waals surface area contributed by atoms with Crippen LogP contribution in [0.5, 0.6) is 0 Å². The molecule has 0 amide bonds. The number of esters is 1. The zero-order valence-electron chi connectivity index (χ0n) is 13.7. The number of piperidine rings is 1. The third-order valence-corrected chi connectivity index (χ3v) is 3.79. The number of pyridine rings is 1. The van der Waals surface area contributed by atoms with Gasteiger partial charge in [-0.25, -0.2) is 9.78 Å². The van der Waals surface area contributed by atoms with Crippen LogP contribution in [0.1, 0.15) is 42.6 Å². The number of nitrogens with zero attached hydrogens (tertiary/aromatic N) is 1. The van der Waals surface area contributed by atoms with Crippen LogP contribution in [0.2, 0.25) is 0 Å². The Morgan fingerprint density at radius 2 is 2.22 bits per heavy atom. The van der Waals surface area contributed by atoms with E-state index in [0.717, 1.165) is 25.9 Å². The maximum Gasteiger partial charge on any atom is 0.341 e. The van der Waals surface area contributed by atoms with Crippen LogP contribution in [0.15, 0.2) is 6.20 Å². The van der Waals surface area contributed by atoms with Crippen molar-refractivity contribution in [1.82, 2.24) is 10.3 Å². The van der Waals surface area contributed by atoms with E-state index in [4.69, 9.17) is 10.1 Å². The Labute approximate surface area is 136 Å². The Kier molecular flexibility index (Phi) is 6.34. The molecule has 1 aliphatic heterocycles.